The normalized spacial score (nSPS) is 12.9. The summed E-state index contributed by atoms with van der Waals surface area (Å²) < 4.78 is 11.7. The van der Waals surface area contributed by atoms with Crippen LogP contribution in [0.2, 0.25) is 0 Å². The van der Waals surface area contributed by atoms with Crippen LogP contribution < -0.4 is 0 Å². The van der Waals surface area contributed by atoms with Gasteiger partial charge in [-0.3, -0.25) is 4.57 Å². The van der Waals surface area contributed by atoms with Gasteiger partial charge in [0.2, 0.25) is 5.95 Å². The highest BCUT2D eigenvalue weighted by Gasteiger charge is 2.34. The van der Waals surface area contributed by atoms with Crippen LogP contribution in [0, 0.1) is 11.3 Å². The molecule has 0 amide bonds. The van der Waals surface area contributed by atoms with Crippen LogP contribution in [-0.2, 0) is 43.3 Å². The maximum absolute atomic E-state index is 12.0. The van der Waals surface area contributed by atoms with Crippen molar-refractivity contribution in [1.82, 2.24) is 37.8 Å². The van der Waals surface area contributed by atoms with Gasteiger partial charge >= 0.3 is 0 Å². The van der Waals surface area contributed by atoms with Gasteiger partial charge in [0.1, 0.15) is 11.6 Å². The lowest BCUT2D eigenvalue weighted by Gasteiger charge is -2.28. The topological polar surface area (TPSA) is 87.1 Å². The van der Waals surface area contributed by atoms with E-state index in [1.165, 1.54) is 131 Å². The number of hydrogen-bond acceptors (Lipinski definition) is 4. The molecule has 6 aromatic heterocycles. The third kappa shape index (κ3) is 15.9. The van der Waals surface area contributed by atoms with Crippen molar-refractivity contribution in [3.8, 4) is 57.5 Å². The Bertz CT molecular complexity index is 8830. The molecule has 6 heterocycles. The molecule has 0 bridgehead atoms. The zero-order valence-corrected chi connectivity index (χ0v) is 87.3. The number of rotatable bonds is 7. The first kappa shape index (κ1) is 92.8. The van der Waals surface area contributed by atoms with E-state index in [-0.39, 0.29) is 43.3 Å². The quantitative estimate of drug-likeness (QED) is 0.117. The summed E-state index contributed by atoms with van der Waals surface area (Å²) in [5.41, 5.74) is 28.3. The third-order valence-electron chi connectivity index (χ3n) is 30.0. The van der Waals surface area contributed by atoms with Gasteiger partial charge in [-0.15, -0.1) is 0 Å². The van der Waals surface area contributed by atoms with E-state index in [9.17, 15) is 5.26 Å². The van der Waals surface area contributed by atoms with Crippen LogP contribution in [0.4, 0.5) is 0 Å². The van der Waals surface area contributed by atoms with Crippen LogP contribution in [0.3, 0.4) is 0 Å². The molecule has 708 valence electrons. The molecule has 0 aliphatic rings. The van der Waals surface area contributed by atoms with Crippen molar-refractivity contribution < 1.29 is 0 Å². The number of fused-ring (bicyclic) bond motifs is 17. The van der Waals surface area contributed by atoms with Crippen molar-refractivity contribution in [3.05, 3.63) is 384 Å². The Hall–Kier alpha value is -15.2. The molecule has 143 heavy (non-hydrogen) atoms. The third-order valence-corrected chi connectivity index (χ3v) is 30.0. The van der Waals surface area contributed by atoms with Gasteiger partial charge in [0.05, 0.1) is 66.5 Å². The molecule has 0 saturated carbocycles. The average molecular weight is 1860 g/mol. The lowest BCUT2D eigenvalue weighted by Crippen LogP contribution is -2.14. The predicted molar refractivity (Wildman–Crippen MR) is 611 cm³/mol. The van der Waals surface area contributed by atoms with Crippen LogP contribution >= 0.6 is 0 Å². The summed E-state index contributed by atoms with van der Waals surface area (Å²) in [6.45, 7) is 55.4. The number of nitrogens with zero attached hydrogens (tertiary/aromatic N) is 9. The van der Waals surface area contributed by atoms with Crippen molar-refractivity contribution in [1.29, 1.82) is 5.26 Å². The Kier molecular flexibility index (Phi) is 21.7. The molecular formula is C134H127N9. The minimum atomic E-state index is -0.0504. The molecule has 0 atom stereocenters. The summed E-state index contributed by atoms with van der Waals surface area (Å²) in [5, 5.41) is 35.0. The van der Waals surface area contributed by atoms with Crippen molar-refractivity contribution in [2.45, 2.75) is 209 Å². The van der Waals surface area contributed by atoms with Crippen LogP contribution in [0.15, 0.2) is 334 Å². The first-order valence-corrected chi connectivity index (χ1v) is 50.8. The molecule has 9 nitrogen and oxygen atoms in total. The summed E-state index contributed by atoms with van der Waals surface area (Å²) in [6.07, 6.45) is 0. The van der Waals surface area contributed by atoms with E-state index in [2.05, 4.69) is 468 Å². The summed E-state index contributed by atoms with van der Waals surface area (Å²) in [7, 11) is 0. The van der Waals surface area contributed by atoms with Gasteiger partial charge in [-0.1, -0.05) is 366 Å². The summed E-state index contributed by atoms with van der Waals surface area (Å²) in [5.74, 6) is 1.87. The zero-order valence-electron chi connectivity index (χ0n) is 87.3. The molecule has 0 radical (unpaired) electrons. The Morgan fingerprint density at radius 2 is 0.490 bits per heavy atom. The van der Waals surface area contributed by atoms with Gasteiger partial charge in [0.15, 0.2) is 11.6 Å². The predicted octanol–water partition coefficient (Wildman–Crippen LogP) is 36.4. The van der Waals surface area contributed by atoms with E-state index in [4.69, 9.17) is 15.0 Å². The summed E-state index contributed by atoms with van der Waals surface area (Å²) >= 11 is 0. The number of aromatic nitrogens is 8. The molecule has 0 aliphatic carbocycles. The van der Waals surface area contributed by atoms with Gasteiger partial charge in [-0.05, 0) is 264 Å². The molecule has 0 saturated heterocycles. The van der Waals surface area contributed by atoms with Gasteiger partial charge in [0, 0.05) is 76.4 Å². The second kappa shape index (κ2) is 33.5. The molecule has 0 N–H and O–H groups in total. The smallest absolute Gasteiger partial charge is 0.238 e. The molecule has 24 aromatic rings. The maximum Gasteiger partial charge on any atom is 0.238 e. The second-order valence-corrected chi connectivity index (χ2v) is 48.1. The average Bonchev–Trinajstić information content (AvgIpc) is 1.68. The second-order valence-electron chi connectivity index (χ2n) is 48.1. The maximum atomic E-state index is 12.0. The fourth-order valence-corrected chi connectivity index (χ4v) is 21.9. The SMILES string of the molecule is CC(C)(C)c1cc2cc(C(C)(C)C)cc3c4cc(C(C)(C)C)cc5cc(C(C)(C)C)cc(c(c1)c23)c54.CC(C)(C)c1ccc2c(c1)c1cc(C(C)(C)C)ccc1n2-c1cc2c3ccccc3n(-c3ccccc3)c2c(-n2c3ccc(C(C)(C)C)cc3c3cc(C(C)(C)C)ccc32)c1C#N.c1ccc(-c2nc(-c3ccccc3)nc(-n3c4ccccc4c4cc(-n5c6ccccc6c6ccccc65)ccc43)n2)cc1. The van der Waals surface area contributed by atoms with Gasteiger partial charge < -0.3 is 18.3 Å². The molecule has 0 fully saturated rings. The number of nitriles is 1. The fraction of sp³-hybridized carbons (Fsp3) is 0.239. The van der Waals surface area contributed by atoms with Gasteiger partial charge in [0.25, 0.3) is 0 Å². The van der Waals surface area contributed by atoms with Crippen molar-refractivity contribution >= 4 is 152 Å². The highest BCUT2D eigenvalue weighted by Crippen LogP contribution is 2.52. The minimum Gasteiger partial charge on any atom is -0.309 e. The van der Waals surface area contributed by atoms with E-state index in [1.807, 2.05) is 60.7 Å². The lowest BCUT2D eigenvalue weighted by atomic mass is 9.76. The van der Waals surface area contributed by atoms with Crippen molar-refractivity contribution in [2.24, 2.45) is 0 Å². The Labute approximate surface area is 840 Å². The molecule has 0 aliphatic heterocycles. The molecule has 18 aromatic carbocycles. The first-order chi connectivity index (χ1) is 67.9. The molecule has 24 rings (SSSR count). The monoisotopic (exact) mass is 1860 g/mol. The van der Waals surface area contributed by atoms with Crippen LogP contribution in [-0.4, -0.2) is 37.8 Å². The fourth-order valence-electron chi connectivity index (χ4n) is 21.9. The molecule has 9 heteroatoms. The van der Waals surface area contributed by atoms with Crippen molar-refractivity contribution in [3.63, 3.8) is 0 Å². The number of para-hydroxylation sites is 5. The minimum absolute atomic E-state index is 0.0380. The number of benzene rings is 18. The first-order valence-electron chi connectivity index (χ1n) is 50.8. The van der Waals surface area contributed by atoms with E-state index in [1.54, 1.807) is 0 Å². The van der Waals surface area contributed by atoms with E-state index in [0.717, 1.165) is 99.6 Å². The van der Waals surface area contributed by atoms with Gasteiger partial charge in [-0.25, -0.2) is 4.98 Å². The molecule has 0 spiro atoms. The van der Waals surface area contributed by atoms with E-state index in [0.29, 0.717) is 23.2 Å². The highest BCUT2D eigenvalue weighted by molar-refractivity contribution is 6.34. The Morgan fingerprint density at radius 3 is 0.846 bits per heavy atom. The van der Waals surface area contributed by atoms with Crippen LogP contribution in [0.25, 0.3) is 204 Å². The van der Waals surface area contributed by atoms with Crippen LogP contribution in [0.5, 0.6) is 0 Å². The largest absolute Gasteiger partial charge is 0.309 e. The number of hydrogen-bond donors (Lipinski definition) is 0. The summed E-state index contributed by atoms with van der Waals surface area (Å²) in [4.78, 5) is 15.0. The molecule has 0 unspecified atom stereocenters. The Balaban J connectivity index is 0.000000128. The van der Waals surface area contributed by atoms with Crippen LogP contribution in [0.1, 0.15) is 216 Å². The standard InChI is InChI=1S/C59H58N4.C39H25N5.C36H44/c1-56(2,3)36-22-26-49-42(30-36)43-31-37(57(4,5)6)23-27-50(43)62(49)53-34-46-41-20-16-17-21-48(41)61(40-18-14-13-15-19-40)54(46)55(47(53)35-60)63-51-28-24-38(58(7,8)9)32-44(51)45-33-39(59(10,11)12)25-29-52(45)63;1-3-13-26(14-4-1)37-40-38(27-15-5-2-6-16-27)42-39(41-37)44-35-22-12-9-19-31(35)32-25-28(23-24-36(32)44)43-33-20-10-7-17-29(33)30-18-8-11-21-34(30)43;1-33(2,3)23-13-21-14-24(34(4,5)6)19-29-30-20-26(36(10,11)12)16-22-15-25(35(7,8)9)18-28(32(22)30)27(17-23)31(21)29/h13-34H,1-12H3;1-25H;13-20H,1-12H3. The zero-order chi connectivity index (χ0) is 100. The lowest BCUT2D eigenvalue weighted by molar-refractivity contribution is 0.589. The summed E-state index contributed by atoms with van der Waals surface area (Å²) in [6, 6.07) is 125. The Morgan fingerprint density at radius 1 is 0.210 bits per heavy atom. The van der Waals surface area contributed by atoms with Gasteiger partial charge in [-0.2, -0.15) is 15.2 Å². The van der Waals surface area contributed by atoms with E-state index >= 15 is 0 Å². The molecular weight excluding hydrogens is 1740 g/mol. The van der Waals surface area contributed by atoms with E-state index < -0.39 is 0 Å². The van der Waals surface area contributed by atoms with Crippen molar-refractivity contribution in [2.75, 3.05) is 0 Å². The highest BCUT2D eigenvalue weighted by atomic mass is 15.2.